The van der Waals surface area contributed by atoms with Crippen LogP contribution in [-0.4, -0.2) is 32.3 Å². The second-order valence-electron chi connectivity index (χ2n) is 5.72. The van der Waals surface area contributed by atoms with Crippen LogP contribution in [0.4, 0.5) is 0 Å². The summed E-state index contributed by atoms with van der Waals surface area (Å²) < 4.78 is 25.8. The van der Waals surface area contributed by atoms with Gasteiger partial charge >= 0.3 is 0 Å². The molecule has 5 heteroatoms. The van der Waals surface area contributed by atoms with Crippen LogP contribution in [0.1, 0.15) is 23.7 Å². The number of benzene rings is 2. The molecule has 0 saturated carbocycles. The van der Waals surface area contributed by atoms with Crippen LogP contribution in [0.25, 0.3) is 0 Å². The normalized spacial score (nSPS) is 15.0. The van der Waals surface area contributed by atoms with Gasteiger partial charge < -0.3 is 4.90 Å². The van der Waals surface area contributed by atoms with Crippen LogP contribution in [0.2, 0.25) is 0 Å². The summed E-state index contributed by atoms with van der Waals surface area (Å²) >= 11 is 0. The molecule has 1 aliphatic rings. The van der Waals surface area contributed by atoms with E-state index >= 15 is 0 Å². The van der Waals surface area contributed by atoms with E-state index in [0.29, 0.717) is 23.4 Å². The van der Waals surface area contributed by atoms with Gasteiger partial charge in [-0.05, 0) is 36.3 Å². The SMILES string of the molecule is CCC1=C(S(=O)(=O)c2ccccc2)CN(C(=O)c2ccccc2)C1. The van der Waals surface area contributed by atoms with Crippen molar-refractivity contribution in [2.45, 2.75) is 18.2 Å². The monoisotopic (exact) mass is 341 g/mol. The molecule has 0 spiro atoms. The van der Waals surface area contributed by atoms with Crippen molar-refractivity contribution in [3.05, 3.63) is 76.7 Å². The molecule has 3 rings (SSSR count). The lowest BCUT2D eigenvalue weighted by molar-refractivity contribution is 0.0797. The first-order chi connectivity index (χ1) is 11.5. The summed E-state index contributed by atoms with van der Waals surface area (Å²) in [5, 5.41) is 0. The Balaban J connectivity index is 1.91. The van der Waals surface area contributed by atoms with Crippen molar-refractivity contribution in [2.24, 2.45) is 0 Å². The second kappa shape index (κ2) is 6.61. The first-order valence-electron chi connectivity index (χ1n) is 7.89. The zero-order valence-electron chi connectivity index (χ0n) is 13.5. The molecule has 1 heterocycles. The average molecular weight is 341 g/mol. The van der Waals surface area contributed by atoms with Gasteiger partial charge in [0, 0.05) is 12.1 Å². The van der Waals surface area contributed by atoms with Gasteiger partial charge in [0.2, 0.25) is 9.84 Å². The highest BCUT2D eigenvalue weighted by Gasteiger charge is 2.33. The molecule has 0 bridgehead atoms. The van der Waals surface area contributed by atoms with E-state index in [1.807, 2.05) is 13.0 Å². The first-order valence-corrected chi connectivity index (χ1v) is 9.37. The summed E-state index contributed by atoms with van der Waals surface area (Å²) in [6.07, 6.45) is 0.611. The fourth-order valence-electron chi connectivity index (χ4n) is 2.89. The van der Waals surface area contributed by atoms with Crippen molar-refractivity contribution >= 4 is 15.7 Å². The topological polar surface area (TPSA) is 54.5 Å². The minimum atomic E-state index is -3.56. The standard InChI is InChI=1S/C19H19NO3S/c1-2-15-13-20(19(21)16-9-5-3-6-10-16)14-18(15)24(22,23)17-11-7-4-8-12-17/h3-12H,2,13-14H2,1H3. The predicted octanol–water partition coefficient (Wildman–Crippen LogP) is 3.28. The molecule has 0 aromatic heterocycles. The third-order valence-corrected chi connectivity index (χ3v) is 6.18. The molecule has 0 fully saturated rings. The van der Waals surface area contributed by atoms with Crippen LogP contribution in [0.15, 0.2) is 76.0 Å². The molecule has 124 valence electrons. The van der Waals surface area contributed by atoms with Crippen molar-refractivity contribution in [3.8, 4) is 0 Å². The number of sulfone groups is 1. The fraction of sp³-hybridized carbons (Fsp3) is 0.211. The van der Waals surface area contributed by atoms with Crippen molar-refractivity contribution in [1.29, 1.82) is 0 Å². The Kier molecular flexibility index (Phi) is 4.53. The Hall–Kier alpha value is -2.40. The number of carbonyl (C=O) groups excluding carboxylic acids is 1. The van der Waals surface area contributed by atoms with Gasteiger partial charge in [0.1, 0.15) is 0 Å². The van der Waals surface area contributed by atoms with Crippen molar-refractivity contribution in [2.75, 3.05) is 13.1 Å². The van der Waals surface area contributed by atoms with E-state index in [1.54, 1.807) is 59.5 Å². The molecule has 0 unspecified atom stereocenters. The predicted molar refractivity (Wildman–Crippen MR) is 93.3 cm³/mol. The van der Waals surface area contributed by atoms with Gasteiger partial charge in [-0.25, -0.2) is 8.42 Å². The average Bonchev–Trinajstić information content (AvgIpc) is 3.08. The minimum absolute atomic E-state index is 0.133. The van der Waals surface area contributed by atoms with E-state index in [-0.39, 0.29) is 17.3 Å². The van der Waals surface area contributed by atoms with Gasteiger partial charge in [0.05, 0.1) is 16.3 Å². The largest absolute Gasteiger partial charge is 0.330 e. The highest BCUT2D eigenvalue weighted by atomic mass is 32.2. The molecule has 0 N–H and O–H groups in total. The Morgan fingerprint density at radius 2 is 1.54 bits per heavy atom. The van der Waals surface area contributed by atoms with Gasteiger partial charge in [-0.1, -0.05) is 43.3 Å². The van der Waals surface area contributed by atoms with Crippen LogP contribution in [0, 0.1) is 0 Å². The molecule has 0 atom stereocenters. The molecule has 2 aromatic carbocycles. The van der Waals surface area contributed by atoms with Gasteiger partial charge in [-0.3, -0.25) is 4.79 Å². The second-order valence-corrected chi connectivity index (χ2v) is 7.70. The fourth-order valence-corrected chi connectivity index (χ4v) is 4.61. The summed E-state index contributed by atoms with van der Waals surface area (Å²) in [5.74, 6) is -0.139. The zero-order valence-corrected chi connectivity index (χ0v) is 14.3. The number of hydrogen-bond donors (Lipinski definition) is 0. The third kappa shape index (κ3) is 2.99. The maximum absolute atomic E-state index is 12.9. The van der Waals surface area contributed by atoms with E-state index in [2.05, 4.69) is 0 Å². The van der Waals surface area contributed by atoms with Gasteiger partial charge in [0.25, 0.3) is 5.91 Å². The first kappa shape index (κ1) is 16.5. The van der Waals surface area contributed by atoms with E-state index < -0.39 is 9.84 Å². The van der Waals surface area contributed by atoms with Crippen molar-refractivity contribution in [1.82, 2.24) is 4.90 Å². The molecular weight excluding hydrogens is 322 g/mol. The van der Waals surface area contributed by atoms with Gasteiger partial charge in [-0.15, -0.1) is 0 Å². The van der Waals surface area contributed by atoms with Crippen LogP contribution >= 0.6 is 0 Å². The Morgan fingerprint density at radius 3 is 2.12 bits per heavy atom. The summed E-state index contributed by atoms with van der Waals surface area (Å²) in [7, 11) is -3.56. The van der Waals surface area contributed by atoms with E-state index in [4.69, 9.17) is 0 Å². The lowest BCUT2D eigenvalue weighted by atomic mass is 10.2. The number of nitrogens with zero attached hydrogens (tertiary/aromatic N) is 1. The molecule has 0 saturated heterocycles. The molecular formula is C19H19NO3S. The molecule has 1 amide bonds. The minimum Gasteiger partial charge on any atom is -0.330 e. The highest BCUT2D eigenvalue weighted by molar-refractivity contribution is 7.95. The van der Waals surface area contributed by atoms with Gasteiger partial charge in [0.15, 0.2) is 0 Å². The van der Waals surface area contributed by atoms with Crippen molar-refractivity contribution < 1.29 is 13.2 Å². The molecule has 0 radical (unpaired) electrons. The Labute approximate surface area is 142 Å². The lowest BCUT2D eigenvalue weighted by Gasteiger charge is -2.16. The maximum atomic E-state index is 12.9. The maximum Gasteiger partial charge on any atom is 0.254 e. The Morgan fingerprint density at radius 1 is 0.958 bits per heavy atom. The van der Waals surface area contributed by atoms with Crippen LogP contribution in [0.5, 0.6) is 0 Å². The lowest BCUT2D eigenvalue weighted by Crippen LogP contribution is -2.30. The zero-order chi connectivity index (χ0) is 17.2. The number of hydrogen-bond acceptors (Lipinski definition) is 3. The number of amides is 1. The summed E-state index contributed by atoms with van der Waals surface area (Å²) in [5.41, 5.74) is 1.38. The van der Waals surface area contributed by atoms with Gasteiger partial charge in [-0.2, -0.15) is 0 Å². The van der Waals surface area contributed by atoms with Crippen LogP contribution < -0.4 is 0 Å². The molecule has 0 aliphatic carbocycles. The van der Waals surface area contributed by atoms with Crippen molar-refractivity contribution in [3.63, 3.8) is 0 Å². The molecule has 1 aliphatic heterocycles. The summed E-state index contributed by atoms with van der Waals surface area (Å²) in [6.45, 7) is 2.42. The van der Waals surface area contributed by atoms with E-state index in [0.717, 1.165) is 5.57 Å². The summed E-state index contributed by atoms with van der Waals surface area (Å²) in [6, 6.07) is 17.3. The molecule has 24 heavy (non-hydrogen) atoms. The van der Waals surface area contributed by atoms with E-state index in [9.17, 15) is 13.2 Å². The number of rotatable bonds is 4. The number of carbonyl (C=O) groups is 1. The van der Waals surface area contributed by atoms with Crippen LogP contribution in [-0.2, 0) is 9.84 Å². The molecule has 4 nitrogen and oxygen atoms in total. The van der Waals surface area contributed by atoms with Crippen LogP contribution in [0.3, 0.4) is 0 Å². The quantitative estimate of drug-likeness (QED) is 0.857. The highest BCUT2D eigenvalue weighted by Crippen LogP contribution is 2.30. The smallest absolute Gasteiger partial charge is 0.254 e. The summed E-state index contributed by atoms with van der Waals surface area (Å²) in [4.78, 5) is 14.9. The Bertz CT molecular complexity index is 871. The molecule has 2 aromatic rings. The van der Waals surface area contributed by atoms with E-state index in [1.165, 1.54) is 0 Å². The third-order valence-electron chi connectivity index (χ3n) is 4.22.